The van der Waals surface area contributed by atoms with Crippen LogP contribution in [-0.2, 0) is 0 Å². The zero-order valence-electron chi connectivity index (χ0n) is 10.9. The van der Waals surface area contributed by atoms with Gasteiger partial charge in [0.25, 0.3) is 0 Å². The molecule has 0 aliphatic carbocycles. The summed E-state index contributed by atoms with van der Waals surface area (Å²) in [5, 5.41) is 10.3. The first-order valence-corrected chi connectivity index (χ1v) is 6.82. The second kappa shape index (κ2) is 5.08. The van der Waals surface area contributed by atoms with Gasteiger partial charge in [0.15, 0.2) is 0 Å². The summed E-state index contributed by atoms with van der Waals surface area (Å²) in [7, 11) is 0. The predicted octanol–water partition coefficient (Wildman–Crippen LogP) is 4.34. The lowest BCUT2D eigenvalue weighted by Crippen LogP contribution is -2.19. The molecule has 0 spiro atoms. The minimum absolute atomic E-state index is 0.0651. The Labute approximate surface area is 121 Å². The van der Waals surface area contributed by atoms with Crippen LogP contribution in [0.4, 0.5) is 4.39 Å². The number of fused-ring (bicyclic) bond motifs is 1. The second-order valence-corrected chi connectivity index (χ2v) is 5.48. The van der Waals surface area contributed by atoms with Gasteiger partial charge < -0.3 is 9.84 Å². The summed E-state index contributed by atoms with van der Waals surface area (Å²) in [5.74, 6) is 0.211. The van der Waals surface area contributed by atoms with Crippen LogP contribution in [0.25, 0.3) is 0 Å². The number of ether oxygens (including phenoxy) is 1. The minimum Gasteiger partial charge on any atom is -0.485 e. The molecular formula is C16H14ClFO2. The van der Waals surface area contributed by atoms with Gasteiger partial charge in [-0.2, -0.15) is 0 Å². The average Bonchev–Trinajstić information content (AvgIpc) is 2.42. The first-order valence-electron chi connectivity index (χ1n) is 6.45. The van der Waals surface area contributed by atoms with Crippen molar-refractivity contribution in [3.63, 3.8) is 0 Å². The first kappa shape index (κ1) is 13.4. The third-order valence-electron chi connectivity index (χ3n) is 3.55. The third kappa shape index (κ3) is 2.39. The Morgan fingerprint density at radius 2 is 2.05 bits per heavy atom. The van der Waals surface area contributed by atoms with E-state index < -0.39 is 11.9 Å². The van der Waals surface area contributed by atoms with Crippen LogP contribution in [0.2, 0.25) is 5.02 Å². The molecule has 2 aromatic carbocycles. The van der Waals surface area contributed by atoms with E-state index in [-0.39, 0.29) is 11.1 Å². The van der Waals surface area contributed by atoms with Crippen molar-refractivity contribution in [1.82, 2.24) is 0 Å². The molecule has 1 unspecified atom stereocenters. The maximum Gasteiger partial charge on any atom is 0.141 e. The second-order valence-electron chi connectivity index (χ2n) is 5.07. The molecule has 20 heavy (non-hydrogen) atoms. The minimum atomic E-state index is -0.590. The number of halogens is 2. The van der Waals surface area contributed by atoms with Crippen LogP contribution in [0, 0.1) is 12.7 Å². The van der Waals surface area contributed by atoms with Gasteiger partial charge in [-0.25, -0.2) is 4.39 Å². The molecule has 0 saturated carbocycles. The summed E-state index contributed by atoms with van der Waals surface area (Å²) in [6.07, 6.45) is -0.482. The van der Waals surface area contributed by atoms with Crippen molar-refractivity contribution in [3.05, 3.63) is 63.9 Å². The smallest absolute Gasteiger partial charge is 0.141 e. The molecule has 1 aliphatic rings. The number of benzene rings is 2. The molecule has 1 N–H and O–H groups in total. The maximum atomic E-state index is 13.2. The monoisotopic (exact) mass is 292 g/mol. The lowest BCUT2D eigenvalue weighted by molar-refractivity contribution is 0.0656. The number of hydrogen-bond acceptors (Lipinski definition) is 2. The van der Waals surface area contributed by atoms with Gasteiger partial charge in [-0.1, -0.05) is 29.3 Å². The van der Waals surface area contributed by atoms with Gasteiger partial charge in [-0.3, -0.25) is 0 Å². The van der Waals surface area contributed by atoms with Crippen molar-refractivity contribution in [2.75, 3.05) is 0 Å². The normalized spacial score (nSPS) is 21.2. The quantitative estimate of drug-likeness (QED) is 0.847. The summed E-state index contributed by atoms with van der Waals surface area (Å²) in [5.41, 5.74) is 2.64. The first-order chi connectivity index (χ1) is 9.54. The van der Waals surface area contributed by atoms with Gasteiger partial charge in [-0.15, -0.1) is 0 Å². The largest absolute Gasteiger partial charge is 0.485 e. The summed E-state index contributed by atoms with van der Waals surface area (Å²) in [6, 6.07) is 10.2. The molecule has 0 aromatic heterocycles. The fourth-order valence-electron chi connectivity index (χ4n) is 2.48. The highest BCUT2D eigenvalue weighted by Gasteiger charge is 2.28. The van der Waals surface area contributed by atoms with Crippen molar-refractivity contribution in [1.29, 1.82) is 0 Å². The van der Waals surface area contributed by atoms with Crippen molar-refractivity contribution >= 4 is 11.6 Å². The zero-order chi connectivity index (χ0) is 14.3. The maximum absolute atomic E-state index is 13.2. The van der Waals surface area contributed by atoms with E-state index >= 15 is 0 Å². The number of aliphatic hydroxyl groups is 1. The van der Waals surface area contributed by atoms with E-state index in [0.29, 0.717) is 12.2 Å². The number of aliphatic hydroxyl groups excluding tert-OH is 1. The van der Waals surface area contributed by atoms with Gasteiger partial charge in [0, 0.05) is 12.0 Å². The highest BCUT2D eigenvalue weighted by atomic mass is 35.5. The van der Waals surface area contributed by atoms with E-state index in [0.717, 1.165) is 16.7 Å². The van der Waals surface area contributed by atoms with E-state index in [9.17, 15) is 9.50 Å². The molecule has 1 heterocycles. The van der Waals surface area contributed by atoms with E-state index in [2.05, 4.69) is 0 Å². The molecule has 104 valence electrons. The fourth-order valence-corrected chi connectivity index (χ4v) is 2.67. The Balaban J connectivity index is 1.94. The summed E-state index contributed by atoms with van der Waals surface area (Å²) in [4.78, 5) is 0. The van der Waals surface area contributed by atoms with Crippen molar-refractivity contribution in [2.24, 2.45) is 0 Å². The van der Waals surface area contributed by atoms with Gasteiger partial charge in [-0.05, 0) is 36.8 Å². The lowest BCUT2D eigenvalue weighted by atomic mass is 9.94. The van der Waals surface area contributed by atoms with Crippen LogP contribution in [0.3, 0.4) is 0 Å². The fraction of sp³-hybridized carbons (Fsp3) is 0.250. The number of aryl methyl sites for hydroxylation is 1. The molecule has 4 heteroatoms. The lowest BCUT2D eigenvalue weighted by Gasteiger charge is -2.30. The van der Waals surface area contributed by atoms with E-state index in [4.69, 9.17) is 16.3 Å². The molecule has 0 bridgehead atoms. The Morgan fingerprint density at radius 3 is 2.80 bits per heavy atom. The predicted molar refractivity (Wildman–Crippen MR) is 75.5 cm³/mol. The highest BCUT2D eigenvalue weighted by molar-refractivity contribution is 6.30. The molecule has 0 fully saturated rings. The summed E-state index contributed by atoms with van der Waals surface area (Å²) >= 11 is 5.80. The average molecular weight is 293 g/mol. The standard InChI is InChI=1S/C16H14ClFO2/c1-9-2-5-15-11(6-9)14(19)8-16(20-15)10-3-4-13(18)12(17)7-10/h2-7,14,16,19H,8H2,1H3/t14-,16?/m0/s1. The molecule has 0 saturated heterocycles. The SMILES string of the molecule is Cc1ccc2c(c1)[C@@H](O)CC(c1ccc(F)c(Cl)c1)O2. The van der Waals surface area contributed by atoms with Crippen LogP contribution < -0.4 is 4.74 Å². The summed E-state index contributed by atoms with van der Waals surface area (Å²) < 4.78 is 19.1. The molecule has 2 nitrogen and oxygen atoms in total. The highest BCUT2D eigenvalue weighted by Crippen LogP contribution is 2.41. The molecular weight excluding hydrogens is 279 g/mol. The van der Waals surface area contributed by atoms with Crippen molar-refractivity contribution < 1.29 is 14.2 Å². The Hall–Kier alpha value is -1.58. The van der Waals surface area contributed by atoms with Crippen molar-refractivity contribution in [3.8, 4) is 5.75 Å². The molecule has 1 aliphatic heterocycles. The van der Waals surface area contributed by atoms with Crippen LogP contribution in [0.15, 0.2) is 36.4 Å². The van der Waals surface area contributed by atoms with Gasteiger partial charge in [0.1, 0.15) is 17.7 Å². The molecule has 3 rings (SSSR count). The number of hydrogen-bond donors (Lipinski definition) is 1. The van der Waals surface area contributed by atoms with Crippen LogP contribution >= 0.6 is 11.6 Å². The van der Waals surface area contributed by atoms with Crippen molar-refractivity contribution in [2.45, 2.75) is 25.6 Å². The van der Waals surface area contributed by atoms with Gasteiger partial charge in [0.2, 0.25) is 0 Å². The van der Waals surface area contributed by atoms with Gasteiger partial charge >= 0.3 is 0 Å². The number of rotatable bonds is 1. The topological polar surface area (TPSA) is 29.5 Å². The Kier molecular flexibility index (Phi) is 3.40. The van der Waals surface area contributed by atoms with Crippen LogP contribution in [0.1, 0.15) is 35.3 Å². The molecule has 0 amide bonds. The zero-order valence-corrected chi connectivity index (χ0v) is 11.7. The molecule has 2 aromatic rings. The van der Waals surface area contributed by atoms with Crippen LogP contribution in [0.5, 0.6) is 5.75 Å². The molecule has 0 radical (unpaired) electrons. The van der Waals surface area contributed by atoms with E-state index in [1.807, 2.05) is 25.1 Å². The summed E-state index contributed by atoms with van der Waals surface area (Å²) in [6.45, 7) is 1.97. The van der Waals surface area contributed by atoms with E-state index in [1.54, 1.807) is 12.1 Å². The van der Waals surface area contributed by atoms with E-state index in [1.165, 1.54) is 6.07 Å². The Bertz CT molecular complexity index is 657. The Morgan fingerprint density at radius 1 is 1.25 bits per heavy atom. The van der Waals surface area contributed by atoms with Gasteiger partial charge in [0.05, 0.1) is 11.1 Å². The van der Waals surface area contributed by atoms with Crippen LogP contribution in [-0.4, -0.2) is 5.11 Å². The molecule has 2 atom stereocenters. The third-order valence-corrected chi connectivity index (χ3v) is 3.84.